The van der Waals surface area contributed by atoms with Crippen molar-refractivity contribution in [2.24, 2.45) is 5.92 Å². The molecular weight excluding hydrogens is 256 g/mol. The van der Waals surface area contributed by atoms with E-state index in [1.54, 1.807) is 0 Å². The Morgan fingerprint density at radius 3 is 2.30 bits per heavy atom. The molecule has 2 aliphatic rings. The molecule has 2 N–H and O–H groups in total. The summed E-state index contributed by atoms with van der Waals surface area (Å²) in [5.41, 5.74) is -1.05. The Morgan fingerprint density at radius 2 is 1.85 bits per heavy atom. The van der Waals surface area contributed by atoms with Gasteiger partial charge >= 0.3 is 12.0 Å². The SMILES string of the molecule is CCCN(C(=O)NC1(C(=O)O)CCC(C)CC1)C1CC1. The molecule has 0 bridgehead atoms. The van der Waals surface area contributed by atoms with Crippen LogP contribution >= 0.6 is 0 Å². The molecule has 0 heterocycles. The molecule has 5 nitrogen and oxygen atoms in total. The van der Waals surface area contributed by atoms with Gasteiger partial charge in [0.05, 0.1) is 0 Å². The van der Waals surface area contributed by atoms with E-state index in [-0.39, 0.29) is 6.03 Å². The van der Waals surface area contributed by atoms with Crippen LogP contribution in [0.2, 0.25) is 0 Å². The molecule has 0 aromatic heterocycles. The summed E-state index contributed by atoms with van der Waals surface area (Å²) in [6.45, 7) is 4.89. The van der Waals surface area contributed by atoms with Gasteiger partial charge in [-0.25, -0.2) is 9.59 Å². The first-order chi connectivity index (χ1) is 9.48. The second-order valence-electron chi connectivity index (χ2n) is 6.42. The molecule has 20 heavy (non-hydrogen) atoms. The number of hydrogen-bond donors (Lipinski definition) is 2. The van der Waals surface area contributed by atoms with Crippen molar-refractivity contribution in [3.05, 3.63) is 0 Å². The van der Waals surface area contributed by atoms with E-state index in [4.69, 9.17) is 0 Å². The summed E-state index contributed by atoms with van der Waals surface area (Å²) in [4.78, 5) is 25.9. The van der Waals surface area contributed by atoms with E-state index in [1.807, 2.05) is 11.8 Å². The molecular formula is C15H26N2O3. The van der Waals surface area contributed by atoms with Crippen molar-refractivity contribution in [3.63, 3.8) is 0 Å². The first-order valence-electron chi connectivity index (χ1n) is 7.80. The monoisotopic (exact) mass is 282 g/mol. The first kappa shape index (κ1) is 15.1. The second kappa shape index (κ2) is 6.02. The van der Waals surface area contributed by atoms with Gasteiger partial charge in [0.1, 0.15) is 5.54 Å². The summed E-state index contributed by atoms with van der Waals surface area (Å²) in [6.07, 6.45) is 5.81. The molecule has 0 atom stereocenters. The minimum Gasteiger partial charge on any atom is -0.480 e. The average Bonchev–Trinajstić information content (AvgIpc) is 3.23. The van der Waals surface area contributed by atoms with Crippen LogP contribution in [0.25, 0.3) is 0 Å². The second-order valence-corrected chi connectivity index (χ2v) is 6.42. The number of carbonyl (C=O) groups is 2. The van der Waals surface area contributed by atoms with Crippen molar-refractivity contribution in [3.8, 4) is 0 Å². The average molecular weight is 282 g/mol. The Balaban J connectivity index is 2.03. The summed E-state index contributed by atoms with van der Waals surface area (Å²) >= 11 is 0. The molecule has 0 aromatic carbocycles. The molecule has 0 aliphatic heterocycles. The van der Waals surface area contributed by atoms with Crippen LogP contribution < -0.4 is 5.32 Å². The number of carboxylic acid groups (broad SMARTS) is 1. The van der Waals surface area contributed by atoms with Crippen molar-refractivity contribution in [1.82, 2.24) is 10.2 Å². The third-order valence-electron chi connectivity index (χ3n) is 4.60. The predicted octanol–water partition coefficient (Wildman–Crippen LogP) is 2.60. The fraction of sp³-hybridized carbons (Fsp3) is 0.867. The zero-order chi connectivity index (χ0) is 14.8. The fourth-order valence-electron chi connectivity index (χ4n) is 3.00. The third kappa shape index (κ3) is 3.25. The van der Waals surface area contributed by atoms with Crippen LogP contribution in [0.1, 0.15) is 58.8 Å². The molecule has 0 spiro atoms. The van der Waals surface area contributed by atoms with E-state index in [0.717, 1.165) is 32.1 Å². The van der Waals surface area contributed by atoms with Gasteiger partial charge in [-0.2, -0.15) is 0 Å². The lowest BCUT2D eigenvalue weighted by molar-refractivity contribution is -0.146. The number of hydrogen-bond acceptors (Lipinski definition) is 2. The van der Waals surface area contributed by atoms with Crippen LogP contribution in [-0.4, -0.2) is 40.1 Å². The Labute approximate surface area is 120 Å². The number of carbonyl (C=O) groups excluding carboxylic acids is 1. The minimum absolute atomic E-state index is 0.189. The summed E-state index contributed by atoms with van der Waals surface area (Å²) in [5, 5.41) is 12.4. The zero-order valence-electron chi connectivity index (χ0n) is 12.5. The summed E-state index contributed by atoms with van der Waals surface area (Å²) in [5.74, 6) is -0.334. The summed E-state index contributed by atoms with van der Waals surface area (Å²) in [6, 6.07) is 0.134. The van der Waals surface area contributed by atoms with E-state index in [2.05, 4.69) is 12.2 Å². The number of rotatable bonds is 5. The largest absolute Gasteiger partial charge is 0.480 e. The van der Waals surface area contributed by atoms with Crippen molar-refractivity contribution < 1.29 is 14.7 Å². The van der Waals surface area contributed by atoms with Crippen LogP contribution in [-0.2, 0) is 4.79 Å². The normalized spacial score (nSPS) is 29.8. The number of aliphatic carboxylic acids is 1. The first-order valence-corrected chi connectivity index (χ1v) is 7.80. The Morgan fingerprint density at radius 1 is 1.25 bits per heavy atom. The van der Waals surface area contributed by atoms with Gasteiger partial charge in [0.15, 0.2) is 0 Å². The zero-order valence-corrected chi connectivity index (χ0v) is 12.5. The third-order valence-corrected chi connectivity index (χ3v) is 4.60. The highest BCUT2D eigenvalue weighted by atomic mass is 16.4. The predicted molar refractivity (Wildman–Crippen MR) is 76.5 cm³/mol. The standard InChI is InChI=1S/C15H26N2O3/c1-3-10-17(12-4-5-12)14(20)16-15(13(18)19)8-6-11(2)7-9-15/h11-12H,3-10H2,1-2H3,(H,16,20)(H,18,19). The molecule has 0 radical (unpaired) electrons. The van der Waals surface area contributed by atoms with Crippen molar-refractivity contribution in [2.75, 3.05) is 6.54 Å². The van der Waals surface area contributed by atoms with Gasteiger partial charge in [-0.1, -0.05) is 13.8 Å². The van der Waals surface area contributed by atoms with Crippen LogP contribution in [0.15, 0.2) is 0 Å². The molecule has 0 saturated heterocycles. The van der Waals surface area contributed by atoms with Gasteiger partial charge in [-0.15, -0.1) is 0 Å². The van der Waals surface area contributed by atoms with Crippen molar-refractivity contribution in [1.29, 1.82) is 0 Å². The number of carboxylic acids is 1. The lowest BCUT2D eigenvalue weighted by atomic mass is 9.77. The molecule has 2 saturated carbocycles. The van der Waals surface area contributed by atoms with Crippen LogP contribution in [0.3, 0.4) is 0 Å². The van der Waals surface area contributed by atoms with Crippen LogP contribution in [0, 0.1) is 5.92 Å². The molecule has 0 unspecified atom stereocenters. The smallest absolute Gasteiger partial charge is 0.329 e. The maximum atomic E-state index is 12.4. The highest BCUT2D eigenvalue weighted by molar-refractivity contribution is 5.86. The Kier molecular flexibility index (Phi) is 4.55. The molecule has 2 fully saturated rings. The van der Waals surface area contributed by atoms with E-state index < -0.39 is 11.5 Å². The molecule has 114 valence electrons. The summed E-state index contributed by atoms with van der Waals surface area (Å²) in [7, 11) is 0. The lowest BCUT2D eigenvalue weighted by Crippen LogP contribution is -2.59. The highest BCUT2D eigenvalue weighted by Crippen LogP contribution is 2.33. The number of nitrogens with one attached hydrogen (secondary N) is 1. The van der Waals surface area contributed by atoms with Crippen LogP contribution in [0.5, 0.6) is 0 Å². The Hall–Kier alpha value is -1.26. The van der Waals surface area contributed by atoms with E-state index in [1.165, 1.54) is 0 Å². The Bertz CT molecular complexity index is 371. The molecule has 2 aliphatic carbocycles. The van der Waals surface area contributed by atoms with E-state index >= 15 is 0 Å². The molecule has 2 rings (SSSR count). The van der Waals surface area contributed by atoms with Gasteiger partial charge in [-0.3, -0.25) is 0 Å². The number of nitrogens with zero attached hydrogens (tertiary/aromatic N) is 1. The van der Waals surface area contributed by atoms with Crippen molar-refractivity contribution in [2.45, 2.75) is 70.4 Å². The van der Waals surface area contributed by atoms with Gasteiger partial charge in [-0.05, 0) is 50.9 Å². The molecule has 2 amide bonds. The minimum atomic E-state index is -1.05. The number of urea groups is 1. The lowest BCUT2D eigenvalue weighted by Gasteiger charge is -2.38. The quantitative estimate of drug-likeness (QED) is 0.814. The maximum absolute atomic E-state index is 12.4. The maximum Gasteiger partial charge on any atom is 0.329 e. The molecule has 0 aromatic rings. The number of amides is 2. The fourth-order valence-corrected chi connectivity index (χ4v) is 3.00. The molecule has 5 heteroatoms. The van der Waals surface area contributed by atoms with E-state index in [0.29, 0.717) is 31.3 Å². The van der Waals surface area contributed by atoms with E-state index in [9.17, 15) is 14.7 Å². The van der Waals surface area contributed by atoms with Crippen molar-refractivity contribution >= 4 is 12.0 Å². The highest BCUT2D eigenvalue weighted by Gasteiger charge is 2.44. The van der Waals surface area contributed by atoms with Gasteiger partial charge in [0.25, 0.3) is 0 Å². The topological polar surface area (TPSA) is 69.6 Å². The van der Waals surface area contributed by atoms with Crippen LogP contribution in [0.4, 0.5) is 4.79 Å². The van der Waals surface area contributed by atoms with Gasteiger partial charge < -0.3 is 15.3 Å². The van der Waals surface area contributed by atoms with Gasteiger partial charge in [0.2, 0.25) is 0 Å². The van der Waals surface area contributed by atoms with Gasteiger partial charge in [0, 0.05) is 12.6 Å². The summed E-state index contributed by atoms with van der Waals surface area (Å²) < 4.78 is 0.